The highest BCUT2D eigenvalue weighted by Crippen LogP contribution is 2.45. The molecule has 0 saturated carbocycles. The lowest BCUT2D eigenvalue weighted by atomic mass is 10.0. The van der Waals surface area contributed by atoms with E-state index in [1.54, 1.807) is 49.4 Å². The van der Waals surface area contributed by atoms with Crippen molar-refractivity contribution < 1.29 is 28.3 Å². The summed E-state index contributed by atoms with van der Waals surface area (Å²) in [5.41, 5.74) is 1.94. The van der Waals surface area contributed by atoms with Gasteiger partial charge in [0.15, 0.2) is 0 Å². The van der Waals surface area contributed by atoms with Crippen LogP contribution in [0.15, 0.2) is 48.5 Å². The molecule has 0 saturated heterocycles. The van der Waals surface area contributed by atoms with Crippen molar-refractivity contribution in [1.29, 1.82) is 0 Å². The van der Waals surface area contributed by atoms with Crippen LogP contribution in [0.1, 0.15) is 35.3 Å². The normalized spacial score (nSPS) is 13.3. The standard InChI is InChI=1S/C18H21O6P/c1-13(2)12-15-8-10-16(11-9-15)18(19)22-24-25(20,21)23-17-7-5-4-6-14(17)3/h4-11,13H,12H2,1-3H3,(H,20,21). The van der Waals surface area contributed by atoms with Crippen molar-refractivity contribution in [2.45, 2.75) is 27.2 Å². The van der Waals surface area contributed by atoms with Gasteiger partial charge in [0, 0.05) is 0 Å². The molecule has 0 aliphatic rings. The van der Waals surface area contributed by atoms with E-state index in [0.717, 1.165) is 12.0 Å². The van der Waals surface area contributed by atoms with Crippen molar-refractivity contribution in [2.24, 2.45) is 5.92 Å². The lowest BCUT2D eigenvalue weighted by molar-refractivity contribution is -0.165. The van der Waals surface area contributed by atoms with Crippen LogP contribution >= 0.6 is 7.82 Å². The summed E-state index contributed by atoms with van der Waals surface area (Å²) in [5.74, 6) is -0.207. The number of carbonyl (C=O) groups excluding carboxylic acids is 1. The molecule has 0 fully saturated rings. The Hall–Kier alpha value is -2.14. The quantitative estimate of drug-likeness (QED) is 0.444. The number of para-hydroxylation sites is 1. The van der Waals surface area contributed by atoms with Crippen molar-refractivity contribution in [1.82, 2.24) is 0 Å². The molecular formula is C18H21O6P. The largest absolute Gasteiger partial charge is 0.564 e. The van der Waals surface area contributed by atoms with Crippen molar-refractivity contribution in [3.63, 3.8) is 0 Å². The third kappa shape index (κ3) is 6.02. The van der Waals surface area contributed by atoms with Gasteiger partial charge in [-0.3, -0.25) is 9.78 Å². The zero-order valence-corrected chi connectivity index (χ0v) is 15.2. The van der Waals surface area contributed by atoms with E-state index in [-0.39, 0.29) is 11.3 Å². The van der Waals surface area contributed by atoms with Gasteiger partial charge in [-0.1, -0.05) is 48.9 Å². The van der Waals surface area contributed by atoms with Gasteiger partial charge in [-0.2, -0.15) is 0 Å². The predicted octanol–water partition coefficient (Wildman–Crippen LogP) is 4.46. The third-order valence-electron chi connectivity index (χ3n) is 3.35. The summed E-state index contributed by atoms with van der Waals surface area (Å²) in [7, 11) is -4.59. The molecule has 2 aromatic carbocycles. The fraction of sp³-hybridized carbons (Fsp3) is 0.278. The number of carbonyl (C=O) groups is 1. The second-order valence-electron chi connectivity index (χ2n) is 6.07. The number of aryl methyl sites for hydroxylation is 1. The molecule has 134 valence electrons. The van der Waals surface area contributed by atoms with Gasteiger partial charge in [-0.15, -0.1) is 0 Å². The molecule has 25 heavy (non-hydrogen) atoms. The van der Waals surface area contributed by atoms with Gasteiger partial charge in [-0.05, 0) is 48.6 Å². The fourth-order valence-electron chi connectivity index (χ4n) is 2.18. The fourth-order valence-corrected chi connectivity index (χ4v) is 2.82. The molecule has 2 rings (SSSR count). The Morgan fingerprint density at radius 1 is 1.12 bits per heavy atom. The molecule has 0 amide bonds. The van der Waals surface area contributed by atoms with Gasteiger partial charge in [0.05, 0.1) is 5.56 Å². The van der Waals surface area contributed by atoms with Crippen LogP contribution in [0.3, 0.4) is 0 Å². The molecule has 6 nitrogen and oxygen atoms in total. The predicted molar refractivity (Wildman–Crippen MR) is 93.1 cm³/mol. The molecule has 7 heteroatoms. The van der Waals surface area contributed by atoms with E-state index in [1.807, 2.05) is 0 Å². The summed E-state index contributed by atoms with van der Waals surface area (Å²) in [6.45, 7) is 5.91. The first kappa shape index (κ1) is 19.2. The summed E-state index contributed by atoms with van der Waals surface area (Å²) in [4.78, 5) is 26.0. The number of benzene rings is 2. The Morgan fingerprint density at radius 2 is 1.76 bits per heavy atom. The lowest BCUT2D eigenvalue weighted by Crippen LogP contribution is -2.07. The van der Waals surface area contributed by atoms with Gasteiger partial charge in [0.1, 0.15) is 5.75 Å². The van der Waals surface area contributed by atoms with Crippen LogP contribution in [0.2, 0.25) is 0 Å². The Labute approximate surface area is 146 Å². The highest BCUT2D eigenvalue weighted by Gasteiger charge is 2.28. The van der Waals surface area contributed by atoms with E-state index >= 15 is 0 Å². The summed E-state index contributed by atoms with van der Waals surface area (Å²) < 4.78 is 21.1. The number of phosphoric ester groups is 1. The zero-order chi connectivity index (χ0) is 18.4. The first-order valence-electron chi connectivity index (χ1n) is 7.84. The van der Waals surface area contributed by atoms with Gasteiger partial charge >= 0.3 is 13.8 Å². The Bertz CT molecular complexity index is 769. The Balaban J connectivity index is 1.94. The zero-order valence-electron chi connectivity index (χ0n) is 14.3. The highest BCUT2D eigenvalue weighted by molar-refractivity contribution is 7.47. The van der Waals surface area contributed by atoms with Gasteiger partial charge in [0.2, 0.25) is 0 Å². The molecule has 1 N–H and O–H groups in total. The van der Waals surface area contributed by atoms with Crippen LogP contribution in [-0.2, 0) is 20.5 Å². The molecule has 0 aromatic heterocycles. The third-order valence-corrected chi connectivity index (χ3v) is 4.04. The van der Waals surface area contributed by atoms with Crippen LogP contribution in [0.4, 0.5) is 0 Å². The first-order chi connectivity index (χ1) is 11.8. The lowest BCUT2D eigenvalue weighted by Gasteiger charge is -2.13. The van der Waals surface area contributed by atoms with Gasteiger partial charge < -0.3 is 4.52 Å². The minimum Gasteiger partial charge on any atom is -0.402 e. The SMILES string of the molecule is Cc1ccccc1OP(=O)(O)OOC(=O)c1ccc(CC(C)C)cc1. The molecule has 0 heterocycles. The molecule has 0 aliphatic heterocycles. The maximum absolute atomic E-state index is 11.9. The first-order valence-corrected chi connectivity index (χ1v) is 9.34. The van der Waals surface area contributed by atoms with Crippen molar-refractivity contribution in [2.75, 3.05) is 0 Å². The van der Waals surface area contributed by atoms with E-state index in [2.05, 4.69) is 23.4 Å². The minimum atomic E-state index is -4.59. The van der Waals surface area contributed by atoms with Crippen LogP contribution < -0.4 is 4.52 Å². The second kappa shape index (κ2) is 8.30. The minimum absolute atomic E-state index is 0.169. The monoisotopic (exact) mass is 364 g/mol. The van der Waals surface area contributed by atoms with Crippen molar-refractivity contribution >= 4 is 13.8 Å². The van der Waals surface area contributed by atoms with Gasteiger partial charge in [-0.25, -0.2) is 9.36 Å². The molecule has 1 unspecified atom stereocenters. The summed E-state index contributed by atoms with van der Waals surface area (Å²) in [5, 5.41) is 0. The number of rotatable bonds is 7. The van der Waals surface area contributed by atoms with Gasteiger partial charge in [0.25, 0.3) is 0 Å². The van der Waals surface area contributed by atoms with Crippen LogP contribution in [0.25, 0.3) is 0 Å². The molecule has 0 bridgehead atoms. The Kier molecular flexibility index (Phi) is 6.37. The average molecular weight is 364 g/mol. The van der Waals surface area contributed by atoms with E-state index in [9.17, 15) is 14.3 Å². The number of phosphoric acid groups is 1. The summed E-state index contributed by atoms with van der Waals surface area (Å²) in [6.07, 6.45) is 0.891. The summed E-state index contributed by atoms with van der Waals surface area (Å²) >= 11 is 0. The van der Waals surface area contributed by atoms with Crippen LogP contribution in [-0.4, -0.2) is 10.9 Å². The van der Waals surface area contributed by atoms with E-state index < -0.39 is 13.8 Å². The molecule has 0 aliphatic carbocycles. The van der Waals surface area contributed by atoms with E-state index in [0.29, 0.717) is 11.5 Å². The van der Waals surface area contributed by atoms with Crippen molar-refractivity contribution in [3.05, 3.63) is 65.2 Å². The average Bonchev–Trinajstić information content (AvgIpc) is 2.55. The molecular weight excluding hydrogens is 343 g/mol. The number of hydrogen-bond donors (Lipinski definition) is 1. The van der Waals surface area contributed by atoms with Crippen molar-refractivity contribution in [3.8, 4) is 5.75 Å². The maximum atomic E-state index is 11.9. The van der Waals surface area contributed by atoms with E-state index in [4.69, 9.17) is 4.52 Å². The molecule has 0 spiro atoms. The second-order valence-corrected chi connectivity index (χ2v) is 7.33. The van der Waals surface area contributed by atoms with Crippen LogP contribution in [0.5, 0.6) is 5.75 Å². The maximum Gasteiger partial charge on any atom is 0.564 e. The summed E-state index contributed by atoms with van der Waals surface area (Å²) in [6, 6.07) is 13.4. The topological polar surface area (TPSA) is 82.1 Å². The Morgan fingerprint density at radius 3 is 2.36 bits per heavy atom. The number of hydrogen-bond acceptors (Lipinski definition) is 5. The molecule has 0 radical (unpaired) electrons. The molecule has 2 aromatic rings. The molecule has 1 atom stereocenters. The highest BCUT2D eigenvalue weighted by atomic mass is 31.2. The van der Waals surface area contributed by atoms with E-state index in [1.165, 1.54) is 6.07 Å². The smallest absolute Gasteiger partial charge is 0.402 e. The van der Waals surface area contributed by atoms with Crippen LogP contribution in [0, 0.1) is 12.8 Å².